The van der Waals surface area contributed by atoms with Crippen LogP contribution in [0.5, 0.6) is 0 Å². The van der Waals surface area contributed by atoms with Crippen molar-refractivity contribution >= 4 is 5.71 Å². The van der Waals surface area contributed by atoms with Crippen LogP contribution in [0.4, 0.5) is 0 Å². The van der Waals surface area contributed by atoms with Crippen molar-refractivity contribution in [2.24, 2.45) is 10.6 Å². The largest absolute Gasteiger partial charge is 0.392 e. The van der Waals surface area contributed by atoms with Gasteiger partial charge in [0.1, 0.15) is 6.10 Å². The van der Waals surface area contributed by atoms with E-state index in [0.29, 0.717) is 6.10 Å². The van der Waals surface area contributed by atoms with E-state index in [9.17, 15) is 0 Å². The Hall–Kier alpha value is -0.530. The van der Waals surface area contributed by atoms with E-state index in [4.69, 9.17) is 4.84 Å². The van der Waals surface area contributed by atoms with Crippen molar-refractivity contribution in [1.82, 2.24) is 0 Å². The number of unbranched alkanes of at least 4 members (excludes halogenated alkanes) is 2. The number of nitrogens with zero attached hydrogens (tertiary/aromatic N) is 1. The van der Waals surface area contributed by atoms with E-state index < -0.39 is 0 Å². The van der Waals surface area contributed by atoms with Crippen molar-refractivity contribution in [2.45, 2.75) is 65.9 Å². The summed E-state index contributed by atoms with van der Waals surface area (Å²) in [7, 11) is 0. The van der Waals surface area contributed by atoms with Crippen molar-refractivity contribution in [3.63, 3.8) is 0 Å². The zero-order valence-electron chi connectivity index (χ0n) is 9.97. The Kier molecular flexibility index (Phi) is 3.97. The third-order valence-electron chi connectivity index (χ3n) is 2.76. The molecule has 0 fully saturated rings. The second kappa shape index (κ2) is 4.81. The van der Waals surface area contributed by atoms with Crippen LogP contribution < -0.4 is 0 Å². The molecule has 0 radical (unpaired) electrons. The lowest BCUT2D eigenvalue weighted by Gasteiger charge is -2.23. The molecule has 0 saturated carbocycles. The fraction of sp³-hybridized carbons (Fsp3) is 0.917. The molecular weight excluding hydrogens is 174 g/mol. The van der Waals surface area contributed by atoms with Crippen LogP contribution in [0.1, 0.15) is 59.8 Å². The first-order chi connectivity index (χ1) is 6.54. The summed E-state index contributed by atoms with van der Waals surface area (Å²) in [6.45, 7) is 8.86. The molecule has 2 nitrogen and oxygen atoms in total. The third-order valence-corrected chi connectivity index (χ3v) is 2.76. The Labute approximate surface area is 87.7 Å². The van der Waals surface area contributed by atoms with E-state index >= 15 is 0 Å². The molecule has 1 aliphatic rings. The van der Waals surface area contributed by atoms with E-state index in [2.05, 4.69) is 32.9 Å². The average molecular weight is 197 g/mol. The lowest BCUT2D eigenvalue weighted by molar-refractivity contribution is 0.00830. The quantitative estimate of drug-likeness (QED) is 0.629. The van der Waals surface area contributed by atoms with Gasteiger partial charge in [-0.2, -0.15) is 0 Å². The van der Waals surface area contributed by atoms with Gasteiger partial charge < -0.3 is 4.84 Å². The standard InChI is InChI=1S/C12H23NO/c1-5-6-7-8-10-9-11(14-13-10)12(2,3)4/h11H,5-9H2,1-4H3. The first kappa shape index (κ1) is 11.5. The Morgan fingerprint density at radius 1 is 1.36 bits per heavy atom. The zero-order valence-corrected chi connectivity index (χ0v) is 9.97. The molecule has 1 unspecified atom stereocenters. The molecule has 0 aromatic heterocycles. The van der Waals surface area contributed by atoms with Crippen LogP contribution in [0.15, 0.2) is 5.16 Å². The molecule has 1 heterocycles. The van der Waals surface area contributed by atoms with Crippen LogP contribution >= 0.6 is 0 Å². The predicted molar refractivity (Wildman–Crippen MR) is 60.5 cm³/mol. The number of hydrogen-bond donors (Lipinski definition) is 0. The molecule has 0 N–H and O–H groups in total. The maximum absolute atomic E-state index is 5.45. The van der Waals surface area contributed by atoms with Gasteiger partial charge in [-0.15, -0.1) is 0 Å². The van der Waals surface area contributed by atoms with E-state index in [1.54, 1.807) is 0 Å². The second-order valence-corrected chi connectivity index (χ2v) is 5.28. The van der Waals surface area contributed by atoms with Gasteiger partial charge in [0.05, 0.1) is 5.71 Å². The third kappa shape index (κ3) is 3.32. The Bertz CT molecular complexity index is 203. The van der Waals surface area contributed by atoms with E-state index in [-0.39, 0.29) is 5.41 Å². The van der Waals surface area contributed by atoms with Gasteiger partial charge >= 0.3 is 0 Å². The van der Waals surface area contributed by atoms with Gasteiger partial charge in [0, 0.05) is 11.8 Å². The first-order valence-corrected chi connectivity index (χ1v) is 5.75. The summed E-state index contributed by atoms with van der Waals surface area (Å²) in [4.78, 5) is 5.45. The Morgan fingerprint density at radius 2 is 2.07 bits per heavy atom. The average Bonchev–Trinajstić information content (AvgIpc) is 2.52. The lowest BCUT2D eigenvalue weighted by Crippen LogP contribution is -2.26. The summed E-state index contributed by atoms with van der Waals surface area (Å²) >= 11 is 0. The van der Waals surface area contributed by atoms with Crippen molar-refractivity contribution < 1.29 is 4.84 Å². The summed E-state index contributed by atoms with van der Waals surface area (Å²) in [5.74, 6) is 0. The Balaban J connectivity index is 2.26. The summed E-state index contributed by atoms with van der Waals surface area (Å²) < 4.78 is 0. The predicted octanol–water partition coefficient (Wildman–Crippen LogP) is 3.76. The number of hydrogen-bond acceptors (Lipinski definition) is 2. The second-order valence-electron chi connectivity index (χ2n) is 5.28. The summed E-state index contributed by atoms with van der Waals surface area (Å²) in [6.07, 6.45) is 6.29. The smallest absolute Gasteiger partial charge is 0.137 e. The molecule has 1 atom stereocenters. The molecule has 0 amide bonds. The molecule has 0 aromatic rings. The molecule has 82 valence electrons. The van der Waals surface area contributed by atoms with E-state index in [1.807, 2.05) is 0 Å². The van der Waals surface area contributed by atoms with Crippen molar-refractivity contribution in [1.29, 1.82) is 0 Å². The SMILES string of the molecule is CCCCCC1=NOC(C(C)(C)C)C1. The molecule has 0 bridgehead atoms. The molecule has 1 aliphatic heterocycles. The van der Waals surface area contributed by atoms with Gasteiger partial charge in [0.15, 0.2) is 0 Å². The highest BCUT2D eigenvalue weighted by molar-refractivity contribution is 5.85. The highest BCUT2D eigenvalue weighted by atomic mass is 16.6. The minimum Gasteiger partial charge on any atom is -0.392 e. The van der Waals surface area contributed by atoms with Crippen molar-refractivity contribution in [2.75, 3.05) is 0 Å². The number of rotatable bonds is 4. The minimum absolute atomic E-state index is 0.218. The van der Waals surface area contributed by atoms with Crippen molar-refractivity contribution in [3.05, 3.63) is 0 Å². The van der Waals surface area contributed by atoms with Crippen LogP contribution in [0.2, 0.25) is 0 Å². The lowest BCUT2D eigenvalue weighted by atomic mass is 9.86. The topological polar surface area (TPSA) is 21.6 Å². The number of oxime groups is 1. The van der Waals surface area contributed by atoms with Gasteiger partial charge in [-0.05, 0) is 12.8 Å². The van der Waals surface area contributed by atoms with E-state index in [0.717, 1.165) is 12.8 Å². The maximum atomic E-state index is 5.45. The van der Waals surface area contributed by atoms with Crippen LogP contribution in [0, 0.1) is 5.41 Å². The first-order valence-electron chi connectivity index (χ1n) is 5.75. The van der Waals surface area contributed by atoms with Gasteiger partial charge in [0.25, 0.3) is 0 Å². The van der Waals surface area contributed by atoms with Gasteiger partial charge in [-0.1, -0.05) is 45.7 Å². The minimum atomic E-state index is 0.218. The maximum Gasteiger partial charge on any atom is 0.137 e. The summed E-state index contributed by atoms with van der Waals surface area (Å²) in [6, 6.07) is 0. The molecule has 14 heavy (non-hydrogen) atoms. The summed E-state index contributed by atoms with van der Waals surface area (Å²) in [5.41, 5.74) is 1.48. The Morgan fingerprint density at radius 3 is 2.57 bits per heavy atom. The monoisotopic (exact) mass is 197 g/mol. The molecule has 0 aliphatic carbocycles. The molecule has 1 rings (SSSR count). The fourth-order valence-electron chi connectivity index (χ4n) is 1.62. The van der Waals surface area contributed by atoms with Crippen LogP contribution in [0.25, 0.3) is 0 Å². The molecule has 2 heteroatoms. The van der Waals surface area contributed by atoms with Gasteiger partial charge in [-0.25, -0.2) is 0 Å². The molecular formula is C12H23NO. The molecule has 0 aromatic carbocycles. The van der Waals surface area contributed by atoms with Crippen LogP contribution in [-0.4, -0.2) is 11.8 Å². The van der Waals surface area contributed by atoms with Gasteiger partial charge in [0.2, 0.25) is 0 Å². The normalized spacial score (nSPS) is 22.0. The van der Waals surface area contributed by atoms with Gasteiger partial charge in [-0.3, -0.25) is 0 Å². The fourth-order valence-corrected chi connectivity index (χ4v) is 1.62. The molecule has 0 spiro atoms. The highest BCUT2D eigenvalue weighted by Gasteiger charge is 2.31. The van der Waals surface area contributed by atoms with Crippen LogP contribution in [0.3, 0.4) is 0 Å². The van der Waals surface area contributed by atoms with E-state index in [1.165, 1.54) is 25.0 Å². The zero-order chi connectivity index (χ0) is 10.6. The highest BCUT2D eigenvalue weighted by Crippen LogP contribution is 2.30. The summed E-state index contributed by atoms with van der Waals surface area (Å²) in [5, 5.41) is 4.17. The van der Waals surface area contributed by atoms with Crippen LogP contribution in [-0.2, 0) is 4.84 Å². The molecule has 0 saturated heterocycles. The van der Waals surface area contributed by atoms with Crippen molar-refractivity contribution in [3.8, 4) is 0 Å².